The van der Waals surface area contributed by atoms with Crippen molar-refractivity contribution in [3.05, 3.63) is 34.4 Å². The zero-order chi connectivity index (χ0) is 10.6. The fraction of sp³-hybridized carbons (Fsp3) is 0.462. The second-order valence-electron chi connectivity index (χ2n) is 3.68. The van der Waals surface area contributed by atoms with Crippen molar-refractivity contribution < 1.29 is 0 Å². The lowest BCUT2D eigenvalue weighted by molar-refractivity contribution is 1.14. The average Bonchev–Trinajstić information content (AvgIpc) is 2.27. The summed E-state index contributed by atoms with van der Waals surface area (Å²) in [6, 6.07) is 0. The fourth-order valence-corrected chi connectivity index (χ4v) is 1.56. The molecule has 0 heterocycles. The third kappa shape index (κ3) is 2.44. The normalized spacial score (nSPS) is 18.3. The molecule has 1 heteroatoms. The molecule has 0 fully saturated rings. The summed E-state index contributed by atoms with van der Waals surface area (Å²) in [6.07, 6.45) is 7.57. The van der Waals surface area contributed by atoms with Crippen LogP contribution in [-0.2, 0) is 0 Å². The lowest BCUT2D eigenvalue weighted by atomic mass is 10.00. The highest BCUT2D eigenvalue weighted by molar-refractivity contribution is 5.86. The van der Waals surface area contributed by atoms with Crippen LogP contribution in [0, 0.1) is 0 Å². The smallest absolute Gasteiger partial charge is 0.0361 e. The van der Waals surface area contributed by atoms with Crippen LogP contribution in [-0.4, -0.2) is 12.8 Å². The summed E-state index contributed by atoms with van der Waals surface area (Å²) in [7, 11) is 0. The Morgan fingerprint density at radius 2 is 1.86 bits per heavy atom. The molecule has 0 bridgehead atoms. The standard InChI is InChI=1S/C13H19N/c1-5-14-9-13-11(3)8-6-7-10(2)12(13)4/h7-9H,5-6H2,1-4H3/b14-9-. The molecule has 0 radical (unpaired) electrons. The first kappa shape index (κ1) is 11.0. The van der Waals surface area contributed by atoms with Gasteiger partial charge in [-0.05, 0) is 50.8 Å². The summed E-state index contributed by atoms with van der Waals surface area (Å²) in [5.41, 5.74) is 5.36. The zero-order valence-corrected chi connectivity index (χ0v) is 9.59. The van der Waals surface area contributed by atoms with Gasteiger partial charge in [0.15, 0.2) is 0 Å². The van der Waals surface area contributed by atoms with Crippen molar-refractivity contribution in [2.45, 2.75) is 34.1 Å². The third-order valence-electron chi connectivity index (χ3n) is 2.67. The zero-order valence-electron chi connectivity index (χ0n) is 9.59. The molecular formula is C13H19N. The Labute approximate surface area is 86.9 Å². The van der Waals surface area contributed by atoms with Gasteiger partial charge in [-0.2, -0.15) is 0 Å². The molecule has 0 amide bonds. The predicted molar refractivity (Wildman–Crippen MR) is 63.9 cm³/mol. The van der Waals surface area contributed by atoms with Gasteiger partial charge in [-0.3, -0.25) is 4.99 Å². The SMILES string of the molecule is CC/N=C\C1=C(C)C(C)=CCC=C1C. The van der Waals surface area contributed by atoms with Crippen molar-refractivity contribution in [3.63, 3.8) is 0 Å². The summed E-state index contributed by atoms with van der Waals surface area (Å²) in [6.45, 7) is 9.41. The van der Waals surface area contributed by atoms with Crippen LogP contribution in [0.2, 0.25) is 0 Å². The molecule has 0 atom stereocenters. The minimum absolute atomic E-state index is 0.854. The van der Waals surface area contributed by atoms with E-state index in [0.717, 1.165) is 13.0 Å². The van der Waals surface area contributed by atoms with E-state index in [-0.39, 0.29) is 0 Å². The van der Waals surface area contributed by atoms with Gasteiger partial charge in [0.05, 0.1) is 0 Å². The summed E-state index contributed by atoms with van der Waals surface area (Å²) >= 11 is 0. The first-order chi connectivity index (χ1) is 6.66. The molecule has 0 spiro atoms. The molecule has 1 aliphatic rings. The van der Waals surface area contributed by atoms with Gasteiger partial charge in [-0.25, -0.2) is 0 Å². The topological polar surface area (TPSA) is 12.4 Å². The molecule has 0 saturated carbocycles. The van der Waals surface area contributed by atoms with E-state index >= 15 is 0 Å². The van der Waals surface area contributed by atoms with Gasteiger partial charge in [-0.1, -0.05) is 17.7 Å². The molecule has 0 aliphatic heterocycles. The van der Waals surface area contributed by atoms with E-state index in [2.05, 4.69) is 44.8 Å². The number of rotatable bonds is 2. The van der Waals surface area contributed by atoms with Gasteiger partial charge in [0.1, 0.15) is 0 Å². The maximum Gasteiger partial charge on any atom is 0.0361 e. The van der Waals surface area contributed by atoms with Crippen LogP contribution in [0.25, 0.3) is 0 Å². The van der Waals surface area contributed by atoms with Crippen LogP contribution in [0.3, 0.4) is 0 Å². The quantitative estimate of drug-likeness (QED) is 0.587. The largest absolute Gasteiger partial charge is 0.293 e. The van der Waals surface area contributed by atoms with Crippen molar-refractivity contribution in [2.75, 3.05) is 6.54 Å². The number of hydrogen-bond acceptors (Lipinski definition) is 1. The molecular weight excluding hydrogens is 170 g/mol. The molecule has 0 saturated heterocycles. The number of aliphatic imine (C=N–C) groups is 1. The number of hydrogen-bond donors (Lipinski definition) is 0. The minimum atomic E-state index is 0.854. The highest BCUT2D eigenvalue weighted by Crippen LogP contribution is 2.23. The third-order valence-corrected chi connectivity index (χ3v) is 2.67. The highest BCUT2D eigenvalue weighted by Gasteiger charge is 2.06. The van der Waals surface area contributed by atoms with Gasteiger partial charge < -0.3 is 0 Å². The van der Waals surface area contributed by atoms with E-state index in [0.29, 0.717) is 0 Å². The molecule has 0 unspecified atom stereocenters. The Kier molecular flexibility index (Phi) is 3.87. The Bertz CT molecular complexity index is 327. The molecule has 0 aromatic carbocycles. The van der Waals surface area contributed by atoms with Gasteiger partial charge in [0.2, 0.25) is 0 Å². The van der Waals surface area contributed by atoms with E-state index in [4.69, 9.17) is 0 Å². The van der Waals surface area contributed by atoms with E-state index in [1.165, 1.54) is 22.3 Å². The Morgan fingerprint density at radius 1 is 1.21 bits per heavy atom. The molecule has 1 rings (SSSR count). The Morgan fingerprint density at radius 3 is 2.50 bits per heavy atom. The molecule has 1 aliphatic carbocycles. The molecule has 14 heavy (non-hydrogen) atoms. The molecule has 0 aromatic rings. The fourth-order valence-electron chi connectivity index (χ4n) is 1.56. The Hall–Kier alpha value is -1.11. The van der Waals surface area contributed by atoms with Crippen LogP contribution in [0.4, 0.5) is 0 Å². The Balaban J connectivity index is 3.10. The van der Waals surface area contributed by atoms with Crippen LogP contribution in [0.15, 0.2) is 39.4 Å². The summed E-state index contributed by atoms with van der Waals surface area (Å²) < 4.78 is 0. The predicted octanol–water partition coefficient (Wildman–Crippen LogP) is 3.69. The lowest BCUT2D eigenvalue weighted by Crippen LogP contribution is -1.93. The number of nitrogens with zero attached hydrogens (tertiary/aromatic N) is 1. The summed E-state index contributed by atoms with van der Waals surface area (Å²) in [5.74, 6) is 0. The van der Waals surface area contributed by atoms with E-state index in [1.54, 1.807) is 0 Å². The van der Waals surface area contributed by atoms with E-state index in [1.807, 2.05) is 6.21 Å². The van der Waals surface area contributed by atoms with Crippen LogP contribution < -0.4 is 0 Å². The molecule has 0 aromatic heterocycles. The maximum atomic E-state index is 4.32. The first-order valence-electron chi connectivity index (χ1n) is 5.21. The number of allylic oxidation sites excluding steroid dienone is 6. The van der Waals surface area contributed by atoms with E-state index < -0.39 is 0 Å². The van der Waals surface area contributed by atoms with Gasteiger partial charge in [0, 0.05) is 12.8 Å². The maximum absolute atomic E-state index is 4.32. The van der Waals surface area contributed by atoms with Gasteiger partial charge >= 0.3 is 0 Å². The van der Waals surface area contributed by atoms with Gasteiger partial charge in [0.25, 0.3) is 0 Å². The van der Waals surface area contributed by atoms with E-state index in [9.17, 15) is 0 Å². The molecule has 1 nitrogen and oxygen atoms in total. The van der Waals surface area contributed by atoms with Crippen molar-refractivity contribution in [2.24, 2.45) is 4.99 Å². The average molecular weight is 189 g/mol. The van der Waals surface area contributed by atoms with Crippen molar-refractivity contribution >= 4 is 6.21 Å². The first-order valence-corrected chi connectivity index (χ1v) is 5.21. The van der Waals surface area contributed by atoms with Crippen molar-refractivity contribution in [3.8, 4) is 0 Å². The summed E-state index contributed by atoms with van der Waals surface area (Å²) in [5, 5.41) is 0. The highest BCUT2D eigenvalue weighted by atomic mass is 14.7. The van der Waals surface area contributed by atoms with Crippen molar-refractivity contribution in [1.29, 1.82) is 0 Å². The van der Waals surface area contributed by atoms with Crippen molar-refractivity contribution in [1.82, 2.24) is 0 Å². The second kappa shape index (κ2) is 4.94. The second-order valence-corrected chi connectivity index (χ2v) is 3.68. The molecule has 76 valence electrons. The van der Waals surface area contributed by atoms with Crippen LogP contribution in [0.5, 0.6) is 0 Å². The van der Waals surface area contributed by atoms with Gasteiger partial charge in [-0.15, -0.1) is 0 Å². The monoisotopic (exact) mass is 189 g/mol. The summed E-state index contributed by atoms with van der Waals surface area (Å²) in [4.78, 5) is 4.32. The lowest BCUT2D eigenvalue weighted by Gasteiger charge is -2.06. The van der Waals surface area contributed by atoms with Crippen LogP contribution >= 0.6 is 0 Å². The minimum Gasteiger partial charge on any atom is -0.293 e. The molecule has 0 N–H and O–H groups in total. The van der Waals surface area contributed by atoms with Crippen LogP contribution in [0.1, 0.15) is 34.1 Å².